The molecule has 0 aromatic heterocycles. The van der Waals surface area contributed by atoms with Crippen LogP contribution in [0, 0.1) is 0 Å². The Balaban J connectivity index is 2.16. The molecule has 1 saturated heterocycles. The number of carboxylic acids is 1. The summed E-state index contributed by atoms with van der Waals surface area (Å²) in [5, 5.41) is 8.47. The minimum atomic E-state index is -4.40. The van der Waals surface area contributed by atoms with Gasteiger partial charge in [-0.05, 0) is 6.92 Å². The Kier molecular flexibility index (Phi) is 5.35. The molecule has 0 aliphatic carbocycles. The third kappa shape index (κ3) is 5.74. The van der Waals surface area contributed by atoms with Gasteiger partial charge in [0.25, 0.3) is 0 Å². The molecular formula is C11H16F3NO5. The third-order valence-electron chi connectivity index (χ3n) is 2.67. The summed E-state index contributed by atoms with van der Waals surface area (Å²) in [6, 6.07) is 0. The first-order chi connectivity index (χ1) is 9.11. The number of likely N-dealkylation sites (tertiary alicyclic amines) is 1. The van der Waals surface area contributed by atoms with Crippen molar-refractivity contribution in [3.63, 3.8) is 0 Å². The Morgan fingerprint density at radius 2 is 1.95 bits per heavy atom. The number of aliphatic carboxylic acids is 1. The molecule has 0 radical (unpaired) electrons. The van der Waals surface area contributed by atoms with Crippen LogP contribution >= 0.6 is 0 Å². The molecule has 0 bridgehead atoms. The molecule has 20 heavy (non-hydrogen) atoms. The van der Waals surface area contributed by atoms with Crippen LogP contribution in [0.4, 0.5) is 13.2 Å². The molecule has 0 saturated carbocycles. The second-order valence-corrected chi connectivity index (χ2v) is 4.80. The van der Waals surface area contributed by atoms with E-state index in [1.807, 2.05) is 0 Å². The number of carbonyl (C=O) groups is 2. The highest BCUT2D eigenvalue weighted by molar-refractivity contribution is 5.77. The zero-order chi connectivity index (χ0) is 15.4. The minimum Gasteiger partial charge on any atom is -0.480 e. The average Bonchev–Trinajstić information content (AvgIpc) is 2.27. The molecule has 1 N–H and O–H groups in total. The van der Waals surface area contributed by atoms with Crippen LogP contribution in [0.25, 0.3) is 0 Å². The number of hydrogen-bond donors (Lipinski definition) is 1. The fourth-order valence-electron chi connectivity index (χ4n) is 1.77. The number of alkyl halides is 3. The molecule has 1 fully saturated rings. The number of carbonyl (C=O) groups excluding carboxylic acids is 1. The smallest absolute Gasteiger partial charge is 0.411 e. The second kappa shape index (κ2) is 6.40. The molecular weight excluding hydrogens is 283 g/mol. The van der Waals surface area contributed by atoms with Crippen LogP contribution in [-0.4, -0.2) is 66.6 Å². The molecule has 0 aromatic carbocycles. The van der Waals surface area contributed by atoms with E-state index in [-0.39, 0.29) is 32.0 Å². The lowest BCUT2D eigenvalue weighted by atomic mass is 9.96. The van der Waals surface area contributed by atoms with Gasteiger partial charge in [0, 0.05) is 0 Å². The van der Waals surface area contributed by atoms with Crippen molar-refractivity contribution in [1.29, 1.82) is 0 Å². The number of rotatable bonds is 7. The van der Waals surface area contributed by atoms with E-state index >= 15 is 0 Å². The van der Waals surface area contributed by atoms with Gasteiger partial charge in [-0.2, -0.15) is 13.2 Å². The Hall–Kier alpha value is -1.35. The van der Waals surface area contributed by atoms with Gasteiger partial charge in [0.05, 0.1) is 26.1 Å². The van der Waals surface area contributed by atoms with Crippen molar-refractivity contribution in [2.75, 3.05) is 32.9 Å². The van der Waals surface area contributed by atoms with E-state index in [4.69, 9.17) is 9.84 Å². The number of ether oxygens (including phenoxy) is 2. The fraction of sp³-hybridized carbons (Fsp3) is 0.818. The molecule has 1 heterocycles. The summed E-state index contributed by atoms with van der Waals surface area (Å²) in [6.07, 6.45) is -4.55. The molecule has 1 aliphatic rings. The Morgan fingerprint density at radius 3 is 2.45 bits per heavy atom. The first-order valence-electron chi connectivity index (χ1n) is 5.89. The van der Waals surface area contributed by atoms with Gasteiger partial charge in [-0.1, -0.05) is 0 Å². The van der Waals surface area contributed by atoms with Crippen LogP contribution in [0.3, 0.4) is 0 Å². The van der Waals surface area contributed by atoms with Crippen LogP contribution in [0.1, 0.15) is 13.3 Å². The lowest BCUT2D eigenvalue weighted by molar-refractivity contribution is -0.181. The van der Waals surface area contributed by atoms with Gasteiger partial charge in [-0.15, -0.1) is 0 Å². The van der Waals surface area contributed by atoms with Gasteiger partial charge >= 0.3 is 12.1 Å². The van der Waals surface area contributed by atoms with Crippen molar-refractivity contribution in [1.82, 2.24) is 4.90 Å². The third-order valence-corrected chi connectivity index (χ3v) is 2.67. The molecule has 1 rings (SSSR count). The first kappa shape index (κ1) is 16.7. The standard InChI is InChI=1S/C11H16F3NO5/c1-10(20-4-9(17)18)5-15(6-10)8(16)2-3-19-7-11(12,13)14/h2-7H2,1H3,(H,17,18). The van der Waals surface area contributed by atoms with E-state index in [1.165, 1.54) is 4.90 Å². The predicted molar refractivity (Wildman–Crippen MR) is 60.1 cm³/mol. The highest BCUT2D eigenvalue weighted by Crippen LogP contribution is 2.25. The van der Waals surface area contributed by atoms with Crippen LogP contribution in [0.2, 0.25) is 0 Å². The topological polar surface area (TPSA) is 76.1 Å². The number of carboxylic acid groups (broad SMARTS) is 1. The number of halogens is 3. The van der Waals surface area contributed by atoms with Gasteiger partial charge in [0.1, 0.15) is 18.8 Å². The van der Waals surface area contributed by atoms with Crippen LogP contribution in [0.15, 0.2) is 0 Å². The van der Waals surface area contributed by atoms with E-state index < -0.39 is 31.0 Å². The van der Waals surface area contributed by atoms with Crippen LogP contribution < -0.4 is 0 Å². The van der Waals surface area contributed by atoms with Gasteiger partial charge in [0.15, 0.2) is 0 Å². The van der Waals surface area contributed by atoms with Gasteiger partial charge in [-0.3, -0.25) is 4.79 Å². The molecule has 116 valence electrons. The maximum Gasteiger partial charge on any atom is 0.411 e. The Morgan fingerprint density at radius 1 is 1.35 bits per heavy atom. The quantitative estimate of drug-likeness (QED) is 0.699. The molecule has 0 aromatic rings. The van der Waals surface area contributed by atoms with Gasteiger partial charge in [0.2, 0.25) is 5.91 Å². The minimum absolute atomic E-state index is 0.148. The number of amides is 1. The van der Waals surface area contributed by atoms with Crippen molar-refractivity contribution < 1.29 is 37.3 Å². The molecule has 0 spiro atoms. The van der Waals surface area contributed by atoms with Crippen molar-refractivity contribution in [2.45, 2.75) is 25.1 Å². The summed E-state index contributed by atoms with van der Waals surface area (Å²) in [5.74, 6) is -1.44. The summed E-state index contributed by atoms with van der Waals surface area (Å²) in [6.45, 7) is -0.0227. The zero-order valence-electron chi connectivity index (χ0n) is 10.9. The van der Waals surface area contributed by atoms with E-state index in [9.17, 15) is 22.8 Å². The largest absolute Gasteiger partial charge is 0.480 e. The highest BCUT2D eigenvalue weighted by atomic mass is 19.4. The molecule has 9 heteroatoms. The summed E-state index contributed by atoms with van der Waals surface area (Å²) in [4.78, 5) is 23.3. The van der Waals surface area contributed by atoms with Crippen LogP contribution in [0.5, 0.6) is 0 Å². The summed E-state index contributed by atoms with van der Waals surface area (Å²) >= 11 is 0. The van der Waals surface area contributed by atoms with Crippen LogP contribution in [-0.2, 0) is 19.1 Å². The van der Waals surface area contributed by atoms with Gasteiger partial charge in [-0.25, -0.2) is 4.79 Å². The molecule has 1 aliphatic heterocycles. The molecule has 1 amide bonds. The lowest BCUT2D eigenvalue weighted by Crippen LogP contribution is -2.63. The summed E-state index contributed by atoms with van der Waals surface area (Å²) in [7, 11) is 0. The first-order valence-corrected chi connectivity index (χ1v) is 5.89. The van der Waals surface area contributed by atoms with E-state index in [1.54, 1.807) is 6.92 Å². The lowest BCUT2D eigenvalue weighted by Gasteiger charge is -2.47. The van der Waals surface area contributed by atoms with E-state index in [0.717, 1.165) is 0 Å². The maximum absolute atomic E-state index is 11.8. The van der Waals surface area contributed by atoms with Gasteiger partial charge < -0.3 is 19.5 Å². The number of hydrogen-bond acceptors (Lipinski definition) is 4. The van der Waals surface area contributed by atoms with E-state index in [2.05, 4.69) is 4.74 Å². The van der Waals surface area contributed by atoms with E-state index in [0.29, 0.717) is 0 Å². The van der Waals surface area contributed by atoms with Crippen molar-refractivity contribution in [2.24, 2.45) is 0 Å². The molecule has 0 unspecified atom stereocenters. The van der Waals surface area contributed by atoms with Crippen molar-refractivity contribution in [3.8, 4) is 0 Å². The average molecular weight is 299 g/mol. The summed E-state index contributed by atoms with van der Waals surface area (Å²) in [5.41, 5.74) is -0.707. The molecule has 0 atom stereocenters. The predicted octanol–water partition coefficient (Wildman–Crippen LogP) is 0.657. The molecule has 6 nitrogen and oxygen atoms in total. The van der Waals surface area contributed by atoms with Crippen molar-refractivity contribution in [3.05, 3.63) is 0 Å². The summed E-state index contributed by atoms with van der Waals surface area (Å²) < 4.78 is 44.8. The SMILES string of the molecule is CC1(OCC(=O)O)CN(C(=O)CCOCC(F)(F)F)C1. The highest BCUT2D eigenvalue weighted by Gasteiger charge is 2.42. The fourth-order valence-corrected chi connectivity index (χ4v) is 1.77. The maximum atomic E-state index is 11.8. The second-order valence-electron chi connectivity index (χ2n) is 4.80. The monoisotopic (exact) mass is 299 g/mol. The Bertz CT molecular complexity index is 366. The number of nitrogens with zero attached hydrogens (tertiary/aromatic N) is 1. The Labute approximate surface area is 113 Å². The zero-order valence-corrected chi connectivity index (χ0v) is 10.9. The normalized spacial score (nSPS) is 17.7. The van der Waals surface area contributed by atoms with Crippen molar-refractivity contribution >= 4 is 11.9 Å².